The van der Waals surface area contributed by atoms with Gasteiger partial charge < -0.3 is 5.32 Å². The molecule has 1 N–H and O–H groups in total. The van der Waals surface area contributed by atoms with Gasteiger partial charge in [-0.05, 0) is 6.42 Å². The van der Waals surface area contributed by atoms with Crippen LogP contribution in [0.2, 0.25) is 0 Å². The summed E-state index contributed by atoms with van der Waals surface area (Å²) in [5.74, 6) is -0.304. The van der Waals surface area contributed by atoms with Gasteiger partial charge in [-0.3, -0.25) is 9.69 Å². The molecule has 2 aliphatic rings. The number of amides is 3. The van der Waals surface area contributed by atoms with Gasteiger partial charge >= 0.3 is 6.03 Å². The predicted molar refractivity (Wildman–Crippen MR) is 51.9 cm³/mol. The number of sulfone groups is 1. The summed E-state index contributed by atoms with van der Waals surface area (Å²) in [6.45, 7) is 0.341. The average Bonchev–Trinajstić information content (AvgIpc) is 2.46. The summed E-state index contributed by atoms with van der Waals surface area (Å²) in [4.78, 5) is 23.9. The summed E-state index contributed by atoms with van der Waals surface area (Å²) in [7, 11) is -3.07. The maximum atomic E-state index is 11.5. The Labute approximate surface area is 87.5 Å². The quantitative estimate of drug-likeness (QED) is 0.636. The molecule has 0 unspecified atom stereocenters. The van der Waals surface area contributed by atoms with Crippen LogP contribution in [0.15, 0.2) is 0 Å². The smallest absolute Gasteiger partial charge is 0.324 e. The van der Waals surface area contributed by atoms with E-state index in [1.165, 1.54) is 0 Å². The number of hydrogen-bond acceptors (Lipinski definition) is 4. The first-order valence-corrected chi connectivity index (χ1v) is 6.62. The number of rotatable bonds is 1. The number of imide groups is 1. The number of urea groups is 1. The Bertz CT molecular complexity index is 387. The highest BCUT2D eigenvalue weighted by Crippen LogP contribution is 2.19. The van der Waals surface area contributed by atoms with E-state index >= 15 is 0 Å². The van der Waals surface area contributed by atoms with E-state index in [0.29, 0.717) is 13.0 Å². The number of carbonyl (C=O) groups excluding carboxylic acids is 2. The van der Waals surface area contributed by atoms with Crippen LogP contribution in [0.25, 0.3) is 0 Å². The lowest BCUT2D eigenvalue weighted by atomic mass is 10.2. The fourth-order valence-corrected chi connectivity index (χ4v) is 3.64. The second-order valence-corrected chi connectivity index (χ2v) is 6.03. The molecule has 0 spiro atoms. The zero-order valence-corrected chi connectivity index (χ0v) is 8.92. The molecule has 15 heavy (non-hydrogen) atoms. The van der Waals surface area contributed by atoms with Gasteiger partial charge in [0.05, 0.1) is 17.5 Å². The Hall–Kier alpha value is -1.11. The molecule has 2 fully saturated rings. The third kappa shape index (κ3) is 1.97. The Morgan fingerprint density at radius 1 is 1.33 bits per heavy atom. The third-order valence-electron chi connectivity index (χ3n) is 2.68. The van der Waals surface area contributed by atoms with E-state index in [0.717, 1.165) is 4.90 Å². The van der Waals surface area contributed by atoms with E-state index in [2.05, 4.69) is 5.32 Å². The third-order valence-corrected chi connectivity index (χ3v) is 4.43. The standard InChI is InChI=1S/C8H12N2O4S/c11-7-1-3-9-8(12)10(7)6-2-4-15(13,14)5-6/h6H,1-5H2,(H,9,12)/t6-/m0/s1. The molecule has 0 saturated carbocycles. The van der Waals surface area contributed by atoms with E-state index < -0.39 is 21.9 Å². The molecule has 2 rings (SSSR count). The van der Waals surface area contributed by atoms with Crippen LogP contribution in [0, 0.1) is 0 Å². The van der Waals surface area contributed by atoms with Gasteiger partial charge in [-0.1, -0.05) is 0 Å². The number of hydrogen-bond donors (Lipinski definition) is 1. The molecule has 0 aromatic heterocycles. The minimum Gasteiger partial charge on any atom is -0.337 e. The Morgan fingerprint density at radius 3 is 2.60 bits per heavy atom. The van der Waals surface area contributed by atoms with Crippen molar-refractivity contribution in [3.63, 3.8) is 0 Å². The van der Waals surface area contributed by atoms with E-state index in [1.54, 1.807) is 0 Å². The van der Waals surface area contributed by atoms with Crippen molar-refractivity contribution in [3.8, 4) is 0 Å². The lowest BCUT2D eigenvalue weighted by Gasteiger charge is -2.29. The van der Waals surface area contributed by atoms with Crippen molar-refractivity contribution in [2.24, 2.45) is 0 Å². The molecule has 84 valence electrons. The van der Waals surface area contributed by atoms with Gasteiger partial charge in [-0.2, -0.15) is 0 Å². The second kappa shape index (κ2) is 3.48. The van der Waals surface area contributed by atoms with Gasteiger partial charge in [0, 0.05) is 13.0 Å². The minimum atomic E-state index is -3.07. The Balaban J connectivity index is 2.16. The van der Waals surface area contributed by atoms with Gasteiger partial charge in [0.15, 0.2) is 9.84 Å². The molecule has 0 radical (unpaired) electrons. The van der Waals surface area contributed by atoms with Crippen molar-refractivity contribution in [3.05, 3.63) is 0 Å². The molecule has 2 saturated heterocycles. The fraction of sp³-hybridized carbons (Fsp3) is 0.750. The van der Waals surface area contributed by atoms with Crippen LogP contribution in [0.5, 0.6) is 0 Å². The summed E-state index contributed by atoms with van der Waals surface area (Å²) >= 11 is 0. The summed E-state index contributed by atoms with van der Waals surface area (Å²) in [6, 6.07) is -0.934. The molecule has 3 amide bonds. The summed E-state index contributed by atoms with van der Waals surface area (Å²) in [6.07, 6.45) is 0.615. The highest BCUT2D eigenvalue weighted by Gasteiger charge is 2.39. The SMILES string of the molecule is O=C1CCNC(=O)N1[C@H]1CCS(=O)(=O)C1. The van der Waals surface area contributed by atoms with Crippen molar-refractivity contribution in [1.82, 2.24) is 10.2 Å². The van der Waals surface area contributed by atoms with E-state index in [9.17, 15) is 18.0 Å². The first-order valence-electron chi connectivity index (χ1n) is 4.80. The monoisotopic (exact) mass is 232 g/mol. The van der Waals surface area contributed by atoms with Crippen molar-refractivity contribution >= 4 is 21.8 Å². The summed E-state index contributed by atoms with van der Waals surface area (Å²) in [5.41, 5.74) is 0. The average molecular weight is 232 g/mol. The van der Waals surface area contributed by atoms with Crippen molar-refractivity contribution in [2.75, 3.05) is 18.1 Å². The molecule has 2 aliphatic heterocycles. The normalized spacial score (nSPS) is 30.4. The highest BCUT2D eigenvalue weighted by molar-refractivity contribution is 7.91. The second-order valence-electron chi connectivity index (χ2n) is 3.80. The van der Waals surface area contributed by atoms with Crippen molar-refractivity contribution in [1.29, 1.82) is 0 Å². The zero-order valence-electron chi connectivity index (χ0n) is 8.10. The number of nitrogens with one attached hydrogen (secondary N) is 1. The summed E-state index contributed by atoms with van der Waals surface area (Å²) < 4.78 is 22.5. The van der Waals surface area contributed by atoms with Gasteiger partial charge in [-0.25, -0.2) is 13.2 Å². The van der Waals surface area contributed by atoms with Crippen LogP contribution in [0.3, 0.4) is 0 Å². The zero-order chi connectivity index (χ0) is 11.1. The topological polar surface area (TPSA) is 83.6 Å². The molecule has 7 heteroatoms. The van der Waals surface area contributed by atoms with Gasteiger partial charge in [0.25, 0.3) is 0 Å². The maximum absolute atomic E-state index is 11.5. The maximum Gasteiger partial charge on any atom is 0.324 e. The first kappa shape index (κ1) is 10.4. The van der Waals surface area contributed by atoms with Crippen molar-refractivity contribution in [2.45, 2.75) is 18.9 Å². The molecule has 0 aliphatic carbocycles. The van der Waals surface area contributed by atoms with Crippen LogP contribution < -0.4 is 5.32 Å². The van der Waals surface area contributed by atoms with Gasteiger partial charge in [0.1, 0.15) is 0 Å². The minimum absolute atomic E-state index is 0.0642. The summed E-state index contributed by atoms with van der Waals surface area (Å²) in [5, 5.41) is 2.54. The Kier molecular flexibility index (Phi) is 2.41. The molecular weight excluding hydrogens is 220 g/mol. The lowest BCUT2D eigenvalue weighted by Crippen LogP contribution is -2.54. The highest BCUT2D eigenvalue weighted by atomic mass is 32.2. The molecule has 1 atom stereocenters. The fourth-order valence-electron chi connectivity index (χ4n) is 1.94. The predicted octanol–water partition coefficient (Wildman–Crippen LogP) is -0.885. The molecule has 0 bridgehead atoms. The molecular formula is C8H12N2O4S. The lowest BCUT2D eigenvalue weighted by molar-refractivity contribution is -0.130. The van der Waals surface area contributed by atoms with Crippen molar-refractivity contribution < 1.29 is 18.0 Å². The number of carbonyl (C=O) groups is 2. The van der Waals surface area contributed by atoms with Crippen LogP contribution in [-0.2, 0) is 14.6 Å². The number of nitrogens with zero attached hydrogens (tertiary/aromatic N) is 1. The molecule has 0 aromatic carbocycles. The van der Waals surface area contributed by atoms with Crippen LogP contribution in [-0.4, -0.2) is 49.3 Å². The molecule has 2 heterocycles. The van der Waals surface area contributed by atoms with E-state index in [-0.39, 0.29) is 23.8 Å². The molecule has 6 nitrogen and oxygen atoms in total. The van der Waals surface area contributed by atoms with E-state index in [1.807, 2.05) is 0 Å². The van der Waals surface area contributed by atoms with Crippen LogP contribution in [0.1, 0.15) is 12.8 Å². The van der Waals surface area contributed by atoms with Gasteiger partial charge in [0.2, 0.25) is 5.91 Å². The molecule has 0 aromatic rings. The van der Waals surface area contributed by atoms with Crippen LogP contribution in [0.4, 0.5) is 4.79 Å². The van der Waals surface area contributed by atoms with Crippen LogP contribution >= 0.6 is 0 Å². The van der Waals surface area contributed by atoms with E-state index in [4.69, 9.17) is 0 Å². The first-order chi connectivity index (χ1) is 6.99. The van der Waals surface area contributed by atoms with Gasteiger partial charge in [-0.15, -0.1) is 0 Å². The Morgan fingerprint density at radius 2 is 2.07 bits per heavy atom. The largest absolute Gasteiger partial charge is 0.337 e.